The van der Waals surface area contributed by atoms with Crippen LogP contribution in [-0.2, 0) is 0 Å². The minimum Gasteiger partial charge on any atom is -0.494 e. The Hall–Kier alpha value is -0.250. The average Bonchev–Trinajstić information content (AvgIpc) is 2.29. The number of hydrogen-bond acceptors (Lipinski definition) is 1. The molecule has 1 unspecified atom stereocenters. The highest BCUT2D eigenvalue weighted by Gasteiger charge is 2.30. The van der Waals surface area contributed by atoms with E-state index in [2.05, 4.69) is 81.5 Å². The summed E-state index contributed by atoms with van der Waals surface area (Å²) in [5.41, 5.74) is 1.41. The van der Waals surface area contributed by atoms with Crippen LogP contribution in [-0.4, -0.2) is 10.0 Å². The van der Waals surface area contributed by atoms with Gasteiger partial charge in [-0.05, 0) is 30.0 Å². The number of ether oxygens (including phenoxy) is 1. The number of rotatable bonds is 7. The van der Waals surface area contributed by atoms with Crippen molar-refractivity contribution in [2.45, 2.75) is 56.8 Å². The highest BCUT2D eigenvalue weighted by atomic mass is 127. The van der Waals surface area contributed by atoms with E-state index in [0.29, 0.717) is 11.8 Å². The molecular weight excluding hydrogens is 347 g/mol. The summed E-state index contributed by atoms with van der Waals surface area (Å²) in [6.07, 6.45) is 2.30. The van der Waals surface area contributed by atoms with Crippen LogP contribution < -0.4 is 4.74 Å². The van der Waals surface area contributed by atoms with Gasteiger partial charge in [-0.3, -0.25) is 0 Å². The first-order chi connectivity index (χ1) is 8.86. The summed E-state index contributed by atoms with van der Waals surface area (Å²) >= 11 is 2.56. The maximum atomic E-state index is 5.73. The summed E-state index contributed by atoms with van der Waals surface area (Å²) in [5, 5.41) is 0. The summed E-state index contributed by atoms with van der Waals surface area (Å²) in [4.78, 5) is 0. The van der Waals surface area contributed by atoms with Crippen LogP contribution in [0.2, 0.25) is 0 Å². The van der Waals surface area contributed by atoms with E-state index in [1.54, 1.807) is 0 Å². The Labute approximate surface area is 132 Å². The van der Waals surface area contributed by atoms with Crippen LogP contribution in [0.5, 0.6) is 5.75 Å². The maximum absolute atomic E-state index is 5.73. The maximum Gasteiger partial charge on any atom is 0.119 e. The van der Waals surface area contributed by atoms with Crippen molar-refractivity contribution < 1.29 is 4.74 Å². The summed E-state index contributed by atoms with van der Waals surface area (Å²) in [5.74, 6) is 2.20. The zero-order valence-corrected chi connectivity index (χ0v) is 15.0. The van der Waals surface area contributed by atoms with Crippen molar-refractivity contribution in [1.29, 1.82) is 0 Å². The molecule has 0 aromatic heterocycles. The normalized spacial score (nSPS) is 13.6. The lowest BCUT2D eigenvalue weighted by Gasteiger charge is -2.33. The Bertz CT molecular complexity index is 362. The molecule has 1 nitrogen and oxygen atoms in total. The van der Waals surface area contributed by atoms with Crippen molar-refractivity contribution in [2.24, 2.45) is 5.92 Å². The van der Waals surface area contributed by atoms with Crippen LogP contribution in [0.1, 0.15) is 58.9 Å². The van der Waals surface area contributed by atoms with Gasteiger partial charge in [-0.2, -0.15) is 0 Å². The zero-order valence-electron chi connectivity index (χ0n) is 12.9. The molecule has 1 aromatic rings. The second-order valence-electron chi connectivity index (χ2n) is 6.06. The van der Waals surface area contributed by atoms with Gasteiger partial charge in [0.05, 0.1) is 6.61 Å². The molecule has 0 aliphatic carbocycles. The van der Waals surface area contributed by atoms with Crippen molar-refractivity contribution in [3.63, 3.8) is 0 Å². The number of benzene rings is 1. The molecule has 0 saturated heterocycles. The van der Waals surface area contributed by atoms with E-state index in [9.17, 15) is 0 Å². The Morgan fingerprint density at radius 3 is 2.16 bits per heavy atom. The highest BCUT2D eigenvalue weighted by molar-refractivity contribution is 14.1. The standard InChI is InChI=1S/C17H27IO/c1-6-7-12-19-15-10-8-14(9-11-15)16(13(2)3)17(4,5)18/h8-11,13,16H,6-7,12H2,1-5H3. The quantitative estimate of drug-likeness (QED) is 0.332. The van der Waals surface area contributed by atoms with E-state index in [1.165, 1.54) is 12.0 Å². The first-order valence-electron chi connectivity index (χ1n) is 7.28. The van der Waals surface area contributed by atoms with Gasteiger partial charge in [0.15, 0.2) is 0 Å². The van der Waals surface area contributed by atoms with Gasteiger partial charge in [-0.15, -0.1) is 0 Å². The number of unbranched alkanes of at least 4 members (excludes halogenated alkanes) is 1. The Morgan fingerprint density at radius 2 is 1.74 bits per heavy atom. The molecule has 0 bridgehead atoms. The monoisotopic (exact) mass is 374 g/mol. The number of halogens is 1. The van der Waals surface area contributed by atoms with Crippen molar-refractivity contribution in [3.05, 3.63) is 29.8 Å². The predicted molar refractivity (Wildman–Crippen MR) is 92.5 cm³/mol. The molecule has 0 heterocycles. The third-order valence-electron chi connectivity index (χ3n) is 3.41. The number of alkyl halides is 1. The van der Waals surface area contributed by atoms with Gasteiger partial charge >= 0.3 is 0 Å². The summed E-state index contributed by atoms with van der Waals surface area (Å²) in [6.45, 7) is 12.2. The average molecular weight is 374 g/mol. The number of hydrogen-bond donors (Lipinski definition) is 0. The van der Waals surface area contributed by atoms with Crippen LogP contribution in [0.25, 0.3) is 0 Å². The molecule has 2 heteroatoms. The van der Waals surface area contributed by atoms with E-state index in [0.717, 1.165) is 18.8 Å². The van der Waals surface area contributed by atoms with Crippen molar-refractivity contribution >= 4 is 22.6 Å². The van der Waals surface area contributed by atoms with Gasteiger partial charge in [-0.1, -0.05) is 75.8 Å². The molecule has 0 fully saturated rings. The van der Waals surface area contributed by atoms with Crippen LogP contribution in [0.3, 0.4) is 0 Å². The molecule has 0 aliphatic rings. The molecule has 108 valence electrons. The lowest BCUT2D eigenvalue weighted by atomic mass is 9.80. The van der Waals surface area contributed by atoms with E-state index in [1.807, 2.05) is 0 Å². The first kappa shape index (κ1) is 16.8. The van der Waals surface area contributed by atoms with Crippen LogP contribution >= 0.6 is 22.6 Å². The van der Waals surface area contributed by atoms with Crippen LogP contribution in [0.15, 0.2) is 24.3 Å². The molecule has 0 spiro atoms. The predicted octanol–water partition coefficient (Wildman–Crippen LogP) is 5.82. The smallest absolute Gasteiger partial charge is 0.119 e. The minimum absolute atomic E-state index is 0.260. The van der Waals surface area contributed by atoms with E-state index >= 15 is 0 Å². The van der Waals surface area contributed by atoms with Crippen LogP contribution in [0, 0.1) is 5.92 Å². The van der Waals surface area contributed by atoms with Crippen molar-refractivity contribution in [3.8, 4) is 5.75 Å². The fourth-order valence-electron chi connectivity index (χ4n) is 2.68. The van der Waals surface area contributed by atoms with Crippen molar-refractivity contribution in [2.75, 3.05) is 6.61 Å². The topological polar surface area (TPSA) is 9.23 Å². The van der Waals surface area contributed by atoms with Gasteiger partial charge in [0.25, 0.3) is 0 Å². The molecular formula is C17H27IO. The fourth-order valence-corrected chi connectivity index (χ4v) is 3.76. The highest BCUT2D eigenvalue weighted by Crippen LogP contribution is 2.41. The molecule has 19 heavy (non-hydrogen) atoms. The lowest BCUT2D eigenvalue weighted by molar-refractivity contribution is 0.309. The molecule has 0 aliphatic heterocycles. The zero-order chi connectivity index (χ0) is 14.5. The SMILES string of the molecule is CCCCOc1ccc(C(C(C)C)C(C)(C)I)cc1. The summed E-state index contributed by atoms with van der Waals surface area (Å²) in [7, 11) is 0. The third kappa shape index (κ3) is 5.33. The molecule has 0 saturated carbocycles. The van der Waals surface area contributed by atoms with Crippen molar-refractivity contribution in [1.82, 2.24) is 0 Å². The molecule has 0 radical (unpaired) electrons. The molecule has 0 N–H and O–H groups in total. The van der Waals surface area contributed by atoms with E-state index in [4.69, 9.17) is 4.74 Å². The van der Waals surface area contributed by atoms with E-state index < -0.39 is 0 Å². The van der Waals surface area contributed by atoms with Gasteiger partial charge < -0.3 is 4.74 Å². The molecule has 1 rings (SSSR count). The molecule has 1 aromatic carbocycles. The second-order valence-corrected chi connectivity index (χ2v) is 8.84. The fraction of sp³-hybridized carbons (Fsp3) is 0.647. The largest absolute Gasteiger partial charge is 0.494 e. The first-order valence-corrected chi connectivity index (χ1v) is 8.35. The Morgan fingerprint density at radius 1 is 1.16 bits per heavy atom. The van der Waals surface area contributed by atoms with Gasteiger partial charge in [0.1, 0.15) is 5.75 Å². The summed E-state index contributed by atoms with van der Waals surface area (Å²) in [6, 6.07) is 8.68. The van der Waals surface area contributed by atoms with Gasteiger partial charge in [0.2, 0.25) is 0 Å². The minimum atomic E-state index is 0.260. The Kier molecular flexibility index (Phi) is 6.64. The third-order valence-corrected chi connectivity index (χ3v) is 4.08. The molecule has 0 amide bonds. The Balaban J connectivity index is 2.78. The van der Waals surface area contributed by atoms with Crippen LogP contribution in [0.4, 0.5) is 0 Å². The van der Waals surface area contributed by atoms with Gasteiger partial charge in [0, 0.05) is 9.34 Å². The summed E-state index contributed by atoms with van der Waals surface area (Å²) < 4.78 is 5.99. The van der Waals surface area contributed by atoms with E-state index in [-0.39, 0.29) is 3.42 Å². The van der Waals surface area contributed by atoms with Gasteiger partial charge in [-0.25, -0.2) is 0 Å². The second kappa shape index (κ2) is 7.51. The molecule has 1 atom stereocenters. The lowest BCUT2D eigenvalue weighted by Crippen LogP contribution is -2.26.